The van der Waals surface area contributed by atoms with E-state index in [2.05, 4.69) is 35.6 Å². The second-order valence-electron chi connectivity index (χ2n) is 6.73. The van der Waals surface area contributed by atoms with Crippen LogP contribution in [0.25, 0.3) is 0 Å². The highest BCUT2D eigenvalue weighted by Gasteiger charge is 2.26. The van der Waals surface area contributed by atoms with E-state index >= 15 is 0 Å². The molecule has 1 aromatic carbocycles. The van der Waals surface area contributed by atoms with Crippen molar-refractivity contribution in [2.75, 3.05) is 23.4 Å². The molecule has 0 amide bonds. The maximum atomic E-state index is 14.3. The summed E-state index contributed by atoms with van der Waals surface area (Å²) in [6, 6.07) is 2.68. The van der Waals surface area contributed by atoms with Gasteiger partial charge in [0.15, 0.2) is 5.82 Å². The van der Waals surface area contributed by atoms with Gasteiger partial charge in [0.25, 0.3) is 0 Å². The molecule has 9 heteroatoms. The Labute approximate surface area is 152 Å². The summed E-state index contributed by atoms with van der Waals surface area (Å²) in [4.78, 5) is 0. The van der Waals surface area contributed by atoms with E-state index in [4.69, 9.17) is 4.74 Å². The molecule has 0 aliphatic rings. The van der Waals surface area contributed by atoms with Crippen LogP contribution in [0.2, 0.25) is 25.7 Å². The van der Waals surface area contributed by atoms with Crippen molar-refractivity contribution in [2.45, 2.75) is 39.0 Å². The van der Waals surface area contributed by atoms with Gasteiger partial charge in [-0.15, -0.1) is 0 Å². The highest BCUT2D eigenvalue weighted by Crippen LogP contribution is 2.30. The summed E-state index contributed by atoms with van der Waals surface area (Å²) in [7, 11) is -5.14. The highest BCUT2D eigenvalue weighted by atomic mass is 79.9. The van der Waals surface area contributed by atoms with Crippen molar-refractivity contribution in [1.82, 2.24) is 0 Å². The van der Waals surface area contributed by atoms with Crippen LogP contribution in [0.4, 0.5) is 14.5 Å². The quantitative estimate of drug-likeness (QED) is 0.242. The van der Waals surface area contributed by atoms with E-state index < -0.39 is 29.7 Å². The molecule has 0 saturated heterocycles. The molecular weight excluding hydrogens is 420 g/mol. The van der Waals surface area contributed by atoms with Crippen LogP contribution in [-0.2, 0) is 14.8 Å². The lowest BCUT2D eigenvalue weighted by Crippen LogP contribution is -2.36. The van der Waals surface area contributed by atoms with Crippen LogP contribution in [0.5, 0.6) is 0 Å². The van der Waals surface area contributed by atoms with Gasteiger partial charge >= 0.3 is 0 Å². The molecule has 138 valence electrons. The van der Waals surface area contributed by atoms with E-state index in [1.54, 1.807) is 6.92 Å². The molecule has 0 spiro atoms. The third-order valence-electron chi connectivity index (χ3n) is 3.25. The second-order valence-corrected chi connectivity index (χ2v) is 15.2. The van der Waals surface area contributed by atoms with E-state index in [1.165, 1.54) is 0 Å². The Bertz CT molecular complexity index is 665. The first kappa shape index (κ1) is 21.5. The molecule has 0 saturated carbocycles. The van der Waals surface area contributed by atoms with E-state index in [0.29, 0.717) is 13.0 Å². The summed E-state index contributed by atoms with van der Waals surface area (Å²) in [5, 5.41) is 0. The van der Waals surface area contributed by atoms with Gasteiger partial charge in [-0.2, -0.15) is 0 Å². The van der Waals surface area contributed by atoms with Crippen molar-refractivity contribution in [3.63, 3.8) is 0 Å². The maximum Gasteiger partial charge on any atom is 0.237 e. The highest BCUT2D eigenvalue weighted by molar-refractivity contribution is 9.10. The minimum Gasteiger partial charge on any atom is -0.360 e. The van der Waals surface area contributed by atoms with E-state index in [-0.39, 0.29) is 22.6 Å². The SMILES string of the molecule is CCCS(=O)(=O)N(COCC[Si](C)(C)C)c1cc(F)cc(Br)c1F. The van der Waals surface area contributed by atoms with Gasteiger partial charge in [0, 0.05) is 20.7 Å². The molecule has 0 aromatic heterocycles. The van der Waals surface area contributed by atoms with Gasteiger partial charge in [-0.3, -0.25) is 0 Å². The van der Waals surface area contributed by atoms with Gasteiger partial charge in [-0.1, -0.05) is 26.6 Å². The third kappa shape index (κ3) is 6.42. The largest absolute Gasteiger partial charge is 0.360 e. The second kappa shape index (κ2) is 8.73. The number of rotatable bonds is 9. The van der Waals surface area contributed by atoms with Gasteiger partial charge in [0.1, 0.15) is 12.5 Å². The molecule has 0 heterocycles. The molecule has 0 fully saturated rings. The third-order valence-corrected chi connectivity index (χ3v) is 7.42. The molecule has 0 aliphatic carbocycles. The molecule has 0 radical (unpaired) electrons. The molecule has 0 unspecified atom stereocenters. The predicted octanol–water partition coefficient (Wildman–Crippen LogP) is 4.59. The van der Waals surface area contributed by atoms with Crippen LogP contribution < -0.4 is 4.31 Å². The van der Waals surface area contributed by atoms with Crippen LogP contribution >= 0.6 is 15.9 Å². The standard InChI is InChI=1S/C15H24BrF2NO3SSi/c1-5-7-23(20,21)19(11-22-6-8-24(2,3)4)14-10-12(17)9-13(16)15(14)18/h9-10H,5-8,11H2,1-4H3. The average molecular weight is 444 g/mol. The van der Waals surface area contributed by atoms with Gasteiger partial charge in [0.05, 0.1) is 15.9 Å². The zero-order chi connectivity index (χ0) is 18.5. The minimum absolute atomic E-state index is 0.128. The van der Waals surface area contributed by atoms with Gasteiger partial charge in [0.2, 0.25) is 10.0 Å². The first-order valence-electron chi connectivity index (χ1n) is 7.70. The Morgan fingerprint density at radius 1 is 1.25 bits per heavy atom. The van der Waals surface area contributed by atoms with Crippen LogP contribution in [0.3, 0.4) is 0 Å². The number of hydrogen-bond acceptors (Lipinski definition) is 3. The van der Waals surface area contributed by atoms with Gasteiger partial charge in [-0.25, -0.2) is 21.5 Å². The maximum absolute atomic E-state index is 14.3. The number of anilines is 1. The van der Waals surface area contributed by atoms with Crippen molar-refractivity contribution in [3.8, 4) is 0 Å². The number of hydrogen-bond donors (Lipinski definition) is 0. The number of sulfonamides is 1. The Morgan fingerprint density at radius 3 is 2.42 bits per heavy atom. The first-order chi connectivity index (χ1) is 11.0. The Morgan fingerprint density at radius 2 is 1.88 bits per heavy atom. The summed E-state index contributed by atoms with van der Waals surface area (Å²) < 4.78 is 59.0. The predicted molar refractivity (Wildman–Crippen MR) is 99.6 cm³/mol. The molecule has 0 aliphatic heterocycles. The Balaban J connectivity index is 3.08. The summed E-state index contributed by atoms with van der Waals surface area (Å²) in [5.41, 5.74) is -0.344. The topological polar surface area (TPSA) is 46.6 Å². The number of nitrogens with zero attached hydrogens (tertiary/aromatic N) is 1. The molecule has 0 N–H and O–H groups in total. The lowest BCUT2D eigenvalue weighted by Gasteiger charge is -2.25. The van der Waals surface area contributed by atoms with Crippen molar-refractivity contribution >= 4 is 39.7 Å². The number of benzene rings is 1. The fourth-order valence-electron chi connectivity index (χ4n) is 1.92. The smallest absolute Gasteiger partial charge is 0.237 e. The van der Waals surface area contributed by atoms with Gasteiger partial charge < -0.3 is 4.74 Å². The number of ether oxygens (including phenoxy) is 1. The van der Waals surface area contributed by atoms with Crippen molar-refractivity contribution in [3.05, 3.63) is 28.2 Å². The Hall–Kier alpha value is -0.513. The van der Waals surface area contributed by atoms with Crippen molar-refractivity contribution < 1.29 is 21.9 Å². The van der Waals surface area contributed by atoms with Crippen LogP contribution in [0, 0.1) is 11.6 Å². The molecular formula is C15H24BrF2NO3SSi. The fraction of sp³-hybridized carbons (Fsp3) is 0.600. The Kier molecular flexibility index (Phi) is 7.83. The van der Waals surface area contributed by atoms with Crippen LogP contribution in [0.1, 0.15) is 13.3 Å². The van der Waals surface area contributed by atoms with Crippen LogP contribution in [-0.4, -0.2) is 35.6 Å². The van der Waals surface area contributed by atoms with E-state index in [0.717, 1.165) is 22.5 Å². The molecule has 1 rings (SSSR count). The summed E-state index contributed by atoms with van der Waals surface area (Å²) >= 11 is 2.91. The lowest BCUT2D eigenvalue weighted by molar-refractivity contribution is 0.156. The molecule has 4 nitrogen and oxygen atoms in total. The zero-order valence-corrected chi connectivity index (χ0v) is 17.8. The summed E-state index contributed by atoms with van der Waals surface area (Å²) in [6.07, 6.45) is 0.367. The van der Waals surface area contributed by atoms with E-state index in [1.807, 2.05) is 0 Å². The normalized spacial score (nSPS) is 12.5. The molecule has 1 aromatic rings. The van der Waals surface area contributed by atoms with Gasteiger partial charge in [-0.05, 0) is 34.5 Å². The van der Waals surface area contributed by atoms with Crippen LogP contribution in [0.15, 0.2) is 16.6 Å². The fourth-order valence-corrected chi connectivity index (χ4v) is 4.50. The monoisotopic (exact) mass is 443 g/mol. The average Bonchev–Trinajstić information content (AvgIpc) is 2.41. The lowest BCUT2D eigenvalue weighted by atomic mass is 10.3. The molecule has 24 heavy (non-hydrogen) atoms. The molecule has 0 bridgehead atoms. The van der Waals surface area contributed by atoms with Crippen molar-refractivity contribution in [1.29, 1.82) is 0 Å². The molecule has 0 atom stereocenters. The first-order valence-corrected chi connectivity index (χ1v) is 13.8. The van der Waals surface area contributed by atoms with E-state index in [9.17, 15) is 17.2 Å². The summed E-state index contributed by atoms with van der Waals surface area (Å²) in [6.45, 7) is 8.27. The number of halogens is 3. The summed E-state index contributed by atoms with van der Waals surface area (Å²) in [5.74, 6) is -1.72. The zero-order valence-electron chi connectivity index (χ0n) is 14.4. The minimum atomic E-state index is -3.81. The van der Waals surface area contributed by atoms with Crippen molar-refractivity contribution in [2.24, 2.45) is 0 Å².